The fourth-order valence-corrected chi connectivity index (χ4v) is 1.14. The van der Waals surface area contributed by atoms with Crippen LogP contribution in [-0.2, 0) is 0 Å². The van der Waals surface area contributed by atoms with Gasteiger partial charge in [-0.2, -0.15) is 0 Å². The number of oxime groups is 1. The second-order valence-electron chi connectivity index (χ2n) is 2.43. The SMILES string of the molecule is C#CCOc1ccc(/C=N/O)cc1Cl. The van der Waals surface area contributed by atoms with Crippen molar-refractivity contribution in [3.63, 3.8) is 0 Å². The van der Waals surface area contributed by atoms with Gasteiger partial charge in [0.2, 0.25) is 0 Å². The summed E-state index contributed by atoms with van der Waals surface area (Å²) in [6, 6.07) is 4.99. The molecule has 1 aromatic rings. The third kappa shape index (κ3) is 2.68. The Morgan fingerprint density at radius 3 is 3.00 bits per heavy atom. The van der Waals surface area contributed by atoms with Crippen molar-refractivity contribution >= 4 is 17.8 Å². The third-order valence-corrected chi connectivity index (χ3v) is 1.77. The molecule has 0 aromatic heterocycles. The van der Waals surface area contributed by atoms with Gasteiger partial charge in [-0.25, -0.2) is 0 Å². The fourth-order valence-electron chi connectivity index (χ4n) is 0.901. The number of hydrogen-bond donors (Lipinski definition) is 1. The average molecular weight is 210 g/mol. The van der Waals surface area contributed by atoms with Gasteiger partial charge in [-0.05, 0) is 23.8 Å². The van der Waals surface area contributed by atoms with Crippen molar-refractivity contribution in [1.29, 1.82) is 0 Å². The van der Waals surface area contributed by atoms with Crippen molar-refractivity contribution in [2.75, 3.05) is 6.61 Å². The molecule has 0 radical (unpaired) electrons. The Balaban J connectivity index is 2.85. The van der Waals surface area contributed by atoms with Gasteiger partial charge in [-0.15, -0.1) is 6.42 Å². The first-order chi connectivity index (χ1) is 6.77. The van der Waals surface area contributed by atoms with E-state index in [4.69, 9.17) is 28.0 Å². The zero-order valence-corrected chi connectivity index (χ0v) is 8.03. The summed E-state index contributed by atoms with van der Waals surface area (Å²) in [5, 5.41) is 11.6. The van der Waals surface area contributed by atoms with Crippen LogP contribution in [0.1, 0.15) is 5.56 Å². The van der Waals surface area contributed by atoms with Gasteiger partial charge in [-0.1, -0.05) is 22.7 Å². The predicted molar refractivity (Wildman–Crippen MR) is 55.2 cm³/mol. The lowest BCUT2D eigenvalue weighted by atomic mass is 10.2. The molecule has 0 aliphatic carbocycles. The van der Waals surface area contributed by atoms with E-state index in [1.165, 1.54) is 6.21 Å². The zero-order chi connectivity index (χ0) is 10.4. The van der Waals surface area contributed by atoms with Crippen LogP contribution in [0.2, 0.25) is 5.02 Å². The lowest BCUT2D eigenvalue weighted by Gasteiger charge is -2.04. The number of hydrogen-bond acceptors (Lipinski definition) is 3. The Labute approximate surface area is 87.0 Å². The van der Waals surface area contributed by atoms with E-state index in [2.05, 4.69) is 11.1 Å². The van der Waals surface area contributed by atoms with Crippen LogP contribution in [-0.4, -0.2) is 18.0 Å². The van der Waals surface area contributed by atoms with Crippen LogP contribution in [0.15, 0.2) is 23.4 Å². The highest BCUT2D eigenvalue weighted by Gasteiger charge is 2.01. The summed E-state index contributed by atoms with van der Waals surface area (Å²) in [6.45, 7) is 0.174. The zero-order valence-electron chi connectivity index (χ0n) is 7.27. The van der Waals surface area contributed by atoms with E-state index >= 15 is 0 Å². The van der Waals surface area contributed by atoms with Gasteiger partial charge in [0.25, 0.3) is 0 Å². The summed E-state index contributed by atoms with van der Waals surface area (Å²) in [6.07, 6.45) is 6.31. The number of ether oxygens (including phenoxy) is 1. The van der Waals surface area contributed by atoms with Crippen molar-refractivity contribution in [3.8, 4) is 18.1 Å². The van der Waals surface area contributed by atoms with Crippen LogP contribution in [0.25, 0.3) is 0 Å². The van der Waals surface area contributed by atoms with Crippen LogP contribution in [0.5, 0.6) is 5.75 Å². The molecule has 0 aliphatic rings. The van der Waals surface area contributed by atoms with Crippen LogP contribution in [0.3, 0.4) is 0 Å². The van der Waals surface area contributed by atoms with Gasteiger partial charge in [-0.3, -0.25) is 0 Å². The van der Waals surface area contributed by atoms with Crippen molar-refractivity contribution in [1.82, 2.24) is 0 Å². The maximum Gasteiger partial charge on any atom is 0.148 e. The van der Waals surface area contributed by atoms with Gasteiger partial charge in [0.1, 0.15) is 12.4 Å². The first-order valence-corrected chi connectivity index (χ1v) is 4.19. The highest BCUT2D eigenvalue weighted by atomic mass is 35.5. The predicted octanol–water partition coefficient (Wildman–Crippen LogP) is 2.16. The summed E-state index contributed by atoms with van der Waals surface area (Å²) < 4.78 is 5.14. The van der Waals surface area contributed by atoms with Crippen LogP contribution in [0.4, 0.5) is 0 Å². The second kappa shape index (κ2) is 5.15. The van der Waals surface area contributed by atoms with Gasteiger partial charge in [0, 0.05) is 0 Å². The quantitative estimate of drug-likeness (QED) is 0.359. The van der Waals surface area contributed by atoms with Gasteiger partial charge >= 0.3 is 0 Å². The number of rotatable bonds is 3. The van der Waals surface area contributed by atoms with Crippen molar-refractivity contribution in [2.45, 2.75) is 0 Å². The molecule has 0 amide bonds. The Bertz CT molecular complexity index is 382. The molecule has 0 aliphatic heterocycles. The van der Waals surface area contributed by atoms with E-state index in [0.717, 1.165) is 0 Å². The molecule has 14 heavy (non-hydrogen) atoms. The van der Waals surface area contributed by atoms with Gasteiger partial charge in [0.15, 0.2) is 0 Å². The standard InChI is InChI=1S/C10H8ClNO2/c1-2-5-14-10-4-3-8(7-12-13)6-9(10)11/h1,3-4,6-7,13H,5H2/b12-7+. The molecule has 1 rings (SSSR count). The Kier molecular flexibility index (Phi) is 3.84. The molecule has 0 atom stereocenters. The van der Waals surface area contributed by atoms with E-state index in [-0.39, 0.29) is 6.61 Å². The van der Waals surface area contributed by atoms with Gasteiger partial charge in [0.05, 0.1) is 11.2 Å². The molecule has 0 saturated heterocycles. The van der Waals surface area contributed by atoms with E-state index in [1.807, 2.05) is 0 Å². The number of halogens is 1. The summed E-state index contributed by atoms with van der Waals surface area (Å²) in [4.78, 5) is 0. The van der Waals surface area contributed by atoms with Gasteiger partial charge < -0.3 is 9.94 Å². The molecule has 3 nitrogen and oxygen atoms in total. The van der Waals surface area contributed by atoms with E-state index in [9.17, 15) is 0 Å². The fraction of sp³-hybridized carbons (Fsp3) is 0.100. The molecule has 0 bridgehead atoms. The Hall–Kier alpha value is -1.66. The summed E-state index contributed by atoms with van der Waals surface area (Å²) in [5.41, 5.74) is 0.686. The Morgan fingerprint density at radius 1 is 1.64 bits per heavy atom. The lowest BCUT2D eigenvalue weighted by molar-refractivity contribution is 0.322. The third-order valence-electron chi connectivity index (χ3n) is 1.47. The molecule has 0 heterocycles. The highest BCUT2D eigenvalue weighted by Crippen LogP contribution is 2.24. The maximum atomic E-state index is 8.29. The number of terminal acetylenes is 1. The van der Waals surface area contributed by atoms with E-state index in [0.29, 0.717) is 16.3 Å². The summed E-state index contributed by atoms with van der Waals surface area (Å²) in [7, 11) is 0. The first-order valence-electron chi connectivity index (χ1n) is 3.81. The number of nitrogens with zero attached hydrogens (tertiary/aromatic N) is 1. The summed E-state index contributed by atoms with van der Waals surface area (Å²) >= 11 is 5.86. The topological polar surface area (TPSA) is 41.8 Å². The molecule has 0 unspecified atom stereocenters. The molecule has 0 spiro atoms. The lowest BCUT2D eigenvalue weighted by Crippen LogP contribution is -1.94. The molecular formula is C10H8ClNO2. The van der Waals surface area contributed by atoms with E-state index < -0.39 is 0 Å². The van der Waals surface area contributed by atoms with Crippen molar-refractivity contribution in [3.05, 3.63) is 28.8 Å². The van der Waals surface area contributed by atoms with E-state index in [1.54, 1.807) is 18.2 Å². The molecule has 72 valence electrons. The van der Waals surface area contributed by atoms with Crippen molar-refractivity contribution in [2.24, 2.45) is 5.16 Å². The monoisotopic (exact) mass is 209 g/mol. The molecule has 0 fully saturated rings. The smallest absolute Gasteiger partial charge is 0.148 e. The maximum absolute atomic E-state index is 8.29. The minimum Gasteiger partial charge on any atom is -0.479 e. The summed E-state index contributed by atoms with van der Waals surface area (Å²) in [5.74, 6) is 2.85. The highest BCUT2D eigenvalue weighted by molar-refractivity contribution is 6.32. The van der Waals surface area contributed by atoms with Crippen molar-refractivity contribution < 1.29 is 9.94 Å². The Morgan fingerprint density at radius 2 is 2.43 bits per heavy atom. The van der Waals surface area contributed by atoms with Crippen LogP contribution in [0, 0.1) is 12.3 Å². The minimum absolute atomic E-state index is 0.174. The molecular weight excluding hydrogens is 202 g/mol. The second-order valence-corrected chi connectivity index (χ2v) is 2.83. The normalized spacial score (nSPS) is 10.0. The van der Waals surface area contributed by atoms with Crippen LogP contribution < -0.4 is 4.74 Å². The average Bonchev–Trinajstić information content (AvgIpc) is 2.17. The number of benzene rings is 1. The first kappa shape index (κ1) is 10.4. The molecule has 1 aromatic carbocycles. The molecule has 0 saturated carbocycles. The minimum atomic E-state index is 0.174. The molecule has 4 heteroatoms. The molecule has 1 N–H and O–H groups in total. The van der Waals surface area contributed by atoms with Crippen LogP contribution >= 0.6 is 11.6 Å². The largest absolute Gasteiger partial charge is 0.479 e.